The van der Waals surface area contributed by atoms with Gasteiger partial charge in [0.15, 0.2) is 5.75 Å². The minimum absolute atomic E-state index is 0.161. The lowest BCUT2D eigenvalue weighted by atomic mass is 10.0. The van der Waals surface area contributed by atoms with Gasteiger partial charge in [-0.2, -0.15) is 0 Å². The zero-order valence-electron chi connectivity index (χ0n) is 18.9. The summed E-state index contributed by atoms with van der Waals surface area (Å²) >= 11 is 0. The fourth-order valence-electron chi connectivity index (χ4n) is 5.00. The van der Waals surface area contributed by atoms with E-state index < -0.39 is 6.09 Å². The summed E-state index contributed by atoms with van der Waals surface area (Å²) < 4.78 is 14.0. The average Bonchev–Trinajstić information content (AvgIpc) is 3.41. The molecule has 3 aromatic heterocycles. The molecule has 5 heterocycles. The van der Waals surface area contributed by atoms with E-state index in [1.165, 1.54) is 4.90 Å². The maximum Gasteiger partial charge on any atom is 0.407 e. The van der Waals surface area contributed by atoms with Crippen molar-refractivity contribution in [2.45, 2.75) is 19.9 Å². The molecule has 10 nitrogen and oxygen atoms in total. The summed E-state index contributed by atoms with van der Waals surface area (Å²) in [6, 6.07) is 9.71. The molecular weight excluding hydrogens is 436 g/mol. The summed E-state index contributed by atoms with van der Waals surface area (Å²) in [5, 5.41) is 13.5. The van der Waals surface area contributed by atoms with Gasteiger partial charge in [0.2, 0.25) is 5.95 Å². The summed E-state index contributed by atoms with van der Waals surface area (Å²) in [6.07, 6.45) is 0.894. The number of hydrogen-bond donors (Lipinski definition) is 1. The Balaban J connectivity index is 1.54. The summed E-state index contributed by atoms with van der Waals surface area (Å²) in [4.78, 5) is 24.6. The van der Waals surface area contributed by atoms with Crippen LogP contribution in [0.2, 0.25) is 0 Å². The number of aryl methyl sites for hydroxylation is 2. The van der Waals surface area contributed by atoms with Crippen LogP contribution in [0.3, 0.4) is 0 Å². The lowest BCUT2D eigenvalue weighted by molar-refractivity contribution is 0.142. The van der Waals surface area contributed by atoms with Gasteiger partial charge in [-0.1, -0.05) is 11.2 Å². The summed E-state index contributed by atoms with van der Waals surface area (Å²) in [5.41, 5.74) is 5.27. The molecule has 2 aliphatic heterocycles. The number of nitrogens with zero attached hydrogens (tertiary/aromatic N) is 6. The van der Waals surface area contributed by atoms with E-state index in [1.807, 2.05) is 44.2 Å². The van der Waals surface area contributed by atoms with Gasteiger partial charge in [-0.3, -0.25) is 9.55 Å². The van der Waals surface area contributed by atoms with Gasteiger partial charge >= 0.3 is 6.09 Å². The van der Waals surface area contributed by atoms with E-state index in [9.17, 15) is 9.90 Å². The molecule has 0 saturated carbocycles. The average molecular weight is 460 g/mol. The second-order valence-corrected chi connectivity index (χ2v) is 8.63. The molecule has 10 heteroatoms. The van der Waals surface area contributed by atoms with Crippen molar-refractivity contribution in [1.29, 1.82) is 0 Å². The van der Waals surface area contributed by atoms with Crippen molar-refractivity contribution in [2.24, 2.45) is 0 Å². The molecular formula is C24H24N6O4. The molecule has 1 amide bonds. The molecule has 34 heavy (non-hydrogen) atoms. The highest BCUT2D eigenvalue weighted by molar-refractivity contribution is 5.94. The zero-order chi connectivity index (χ0) is 23.4. The Labute approximate surface area is 195 Å². The molecule has 4 aromatic rings. The highest BCUT2D eigenvalue weighted by atomic mass is 16.5. The van der Waals surface area contributed by atoms with Crippen LogP contribution in [0.25, 0.3) is 22.2 Å². The molecule has 6 rings (SSSR count). The number of piperazine rings is 1. The summed E-state index contributed by atoms with van der Waals surface area (Å²) in [5.74, 6) is 2.29. The molecule has 1 N–H and O–H groups in total. The molecule has 0 unspecified atom stereocenters. The van der Waals surface area contributed by atoms with Crippen LogP contribution in [-0.2, 0) is 0 Å². The van der Waals surface area contributed by atoms with E-state index in [4.69, 9.17) is 14.2 Å². The van der Waals surface area contributed by atoms with Crippen LogP contribution in [0.5, 0.6) is 5.75 Å². The van der Waals surface area contributed by atoms with Crippen molar-refractivity contribution in [1.82, 2.24) is 24.6 Å². The quantitative estimate of drug-likeness (QED) is 0.495. The van der Waals surface area contributed by atoms with Crippen molar-refractivity contribution < 1.29 is 19.2 Å². The van der Waals surface area contributed by atoms with Crippen LogP contribution in [0.15, 0.2) is 41.1 Å². The number of carbonyl (C=O) groups is 1. The van der Waals surface area contributed by atoms with E-state index >= 15 is 0 Å². The third-order valence-corrected chi connectivity index (χ3v) is 6.65. The highest BCUT2D eigenvalue weighted by Crippen LogP contribution is 2.45. The maximum absolute atomic E-state index is 11.4. The molecule has 174 valence electrons. The van der Waals surface area contributed by atoms with Gasteiger partial charge in [0.25, 0.3) is 0 Å². The van der Waals surface area contributed by atoms with Gasteiger partial charge in [0.05, 0.1) is 22.5 Å². The first-order valence-electron chi connectivity index (χ1n) is 11.3. The monoisotopic (exact) mass is 460 g/mol. The number of aromatic nitrogens is 4. The first-order chi connectivity index (χ1) is 16.5. The van der Waals surface area contributed by atoms with Gasteiger partial charge in [-0.15, -0.1) is 0 Å². The fourth-order valence-corrected chi connectivity index (χ4v) is 5.00. The second-order valence-electron chi connectivity index (χ2n) is 8.63. The Bertz CT molecular complexity index is 1370. The molecule has 0 aliphatic carbocycles. The van der Waals surface area contributed by atoms with Crippen LogP contribution in [0.4, 0.5) is 10.7 Å². The molecule has 1 saturated heterocycles. The number of amides is 1. The lowest BCUT2D eigenvalue weighted by Crippen LogP contribution is -2.49. The first kappa shape index (κ1) is 20.5. The second kappa shape index (κ2) is 7.75. The number of pyridine rings is 1. The van der Waals surface area contributed by atoms with Gasteiger partial charge < -0.3 is 24.2 Å². The highest BCUT2D eigenvalue weighted by Gasteiger charge is 2.34. The van der Waals surface area contributed by atoms with Gasteiger partial charge in [-0.25, -0.2) is 9.78 Å². The van der Waals surface area contributed by atoms with Crippen molar-refractivity contribution in [3.05, 3.63) is 53.7 Å². The number of ether oxygens (including phenoxy) is 1. The smallest absolute Gasteiger partial charge is 0.407 e. The van der Waals surface area contributed by atoms with Gasteiger partial charge in [0.1, 0.15) is 23.9 Å². The van der Waals surface area contributed by atoms with Crippen LogP contribution in [0, 0.1) is 13.8 Å². The number of carboxylic acid groups (broad SMARTS) is 1. The SMILES string of the molecule is Cc1noc(C)c1-c1ccc2nc(N3CCN(C(=O)O)CC3)n3c2c1OC[C@@H]3c1ccccn1. The molecule has 1 atom stereocenters. The van der Waals surface area contributed by atoms with E-state index in [1.54, 1.807) is 6.20 Å². The number of benzene rings is 1. The minimum atomic E-state index is -0.888. The van der Waals surface area contributed by atoms with Crippen LogP contribution in [-0.4, -0.2) is 68.6 Å². The maximum atomic E-state index is 11.4. The largest absolute Gasteiger partial charge is 0.488 e. The van der Waals surface area contributed by atoms with Crippen LogP contribution in [0.1, 0.15) is 23.2 Å². The number of hydrogen-bond acceptors (Lipinski definition) is 7. The summed E-state index contributed by atoms with van der Waals surface area (Å²) in [7, 11) is 0. The molecule has 1 aromatic carbocycles. The van der Waals surface area contributed by atoms with Gasteiger partial charge in [-0.05, 0) is 38.1 Å². The number of anilines is 1. The Hall–Kier alpha value is -4.08. The lowest BCUT2D eigenvalue weighted by Gasteiger charge is -2.36. The fraction of sp³-hybridized carbons (Fsp3) is 0.333. The third-order valence-electron chi connectivity index (χ3n) is 6.65. The minimum Gasteiger partial charge on any atom is -0.488 e. The van der Waals surface area contributed by atoms with Crippen molar-refractivity contribution in [3.63, 3.8) is 0 Å². The van der Waals surface area contributed by atoms with Crippen molar-refractivity contribution in [3.8, 4) is 16.9 Å². The Kier molecular flexibility index (Phi) is 4.68. The first-order valence-corrected chi connectivity index (χ1v) is 11.3. The van der Waals surface area contributed by atoms with E-state index in [2.05, 4.69) is 19.6 Å². The van der Waals surface area contributed by atoms with Crippen LogP contribution < -0.4 is 9.64 Å². The van der Waals surface area contributed by atoms with Crippen LogP contribution >= 0.6 is 0 Å². The van der Waals surface area contributed by atoms with Gasteiger partial charge in [0, 0.05) is 37.9 Å². The molecule has 2 aliphatic rings. The summed E-state index contributed by atoms with van der Waals surface area (Å²) in [6.45, 7) is 6.22. The zero-order valence-corrected chi connectivity index (χ0v) is 18.9. The van der Waals surface area contributed by atoms with E-state index in [-0.39, 0.29) is 6.04 Å². The van der Waals surface area contributed by atoms with Crippen molar-refractivity contribution >= 4 is 23.1 Å². The molecule has 0 bridgehead atoms. The number of imidazole rings is 1. The Morgan fingerprint density at radius 3 is 2.62 bits per heavy atom. The topological polar surface area (TPSA) is 110 Å². The predicted molar refractivity (Wildman–Crippen MR) is 124 cm³/mol. The Morgan fingerprint density at radius 2 is 1.94 bits per heavy atom. The van der Waals surface area contributed by atoms with E-state index in [0.29, 0.717) is 32.8 Å². The molecule has 1 fully saturated rings. The van der Waals surface area contributed by atoms with Crippen molar-refractivity contribution in [2.75, 3.05) is 37.7 Å². The number of rotatable bonds is 3. The predicted octanol–water partition coefficient (Wildman–Crippen LogP) is 3.48. The normalized spacial score (nSPS) is 17.8. The third kappa shape index (κ3) is 3.09. The Morgan fingerprint density at radius 1 is 1.12 bits per heavy atom. The van der Waals surface area contributed by atoms with E-state index in [0.717, 1.165) is 51.0 Å². The molecule has 0 spiro atoms. The molecule has 0 radical (unpaired) electrons. The standard InChI is InChI=1S/C24H24N6O4/c1-14-20(15(2)34-27-14)16-6-7-18-21-22(16)33-13-19(17-5-3-4-8-25-17)30(21)23(26-18)28-9-11-29(12-10-28)24(31)32/h3-8,19H,9-13H2,1-2H3,(H,31,32)/t19-/m1/s1.